The number of aliphatic carboxylic acids is 1. The van der Waals surface area contributed by atoms with Crippen molar-refractivity contribution < 1.29 is 33.8 Å². The van der Waals surface area contributed by atoms with Crippen LogP contribution in [0, 0.1) is 17.3 Å². The number of esters is 1. The Labute approximate surface area is 382 Å². The Morgan fingerprint density at radius 2 is 1.80 bits per heavy atom. The quantitative estimate of drug-likeness (QED) is 0.0428. The summed E-state index contributed by atoms with van der Waals surface area (Å²) in [6, 6.07) is 5.06. The summed E-state index contributed by atoms with van der Waals surface area (Å²) >= 11 is 1.17. The number of likely N-dealkylation sites (N-methyl/N-ethyl adjacent to an activating group) is 1. The van der Waals surface area contributed by atoms with Crippen LogP contribution >= 0.6 is 11.3 Å². The number of ether oxygens (including phenoxy) is 1. The summed E-state index contributed by atoms with van der Waals surface area (Å²) < 4.78 is 7.75. The van der Waals surface area contributed by atoms with E-state index in [9.17, 15) is 24.3 Å². The summed E-state index contributed by atoms with van der Waals surface area (Å²) in [6.07, 6.45) is 6.88. The number of likely N-dealkylation sites (tertiary alicyclic amines) is 1. The van der Waals surface area contributed by atoms with E-state index in [2.05, 4.69) is 25.8 Å². The third kappa shape index (κ3) is 14.8. The largest absolute Gasteiger partial charge is 0.481 e. The molecule has 3 amide bonds. The second-order valence-corrected chi connectivity index (χ2v) is 19.2. The van der Waals surface area contributed by atoms with E-state index in [1.165, 1.54) is 18.3 Å². The van der Waals surface area contributed by atoms with Crippen LogP contribution in [0.4, 0.5) is 5.69 Å². The Morgan fingerprint density at radius 1 is 1.08 bits per heavy atom. The number of benzene rings is 1. The van der Waals surface area contributed by atoms with E-state index in [0.29, 0.717) is 56.0 Å². The number of aryl methyl sites for hydroxylation is 1. The second-order valence-electron chi connectivity index (χ2n) is 18.3. The molecule has 0 saturated carbocycles. The van der Waals surface area contributed by atoms with Gasteiger partial charge in [-0.3, -0.25) is 28.9 Å². The number of piperidine rings is 1. The highest BCUT2D eigenvalue weighted by atomic mass is 32.1. The second kappa shape index (κ2) is 24.4. The third-order valence-corrected chi connectivity index (χ3v) is 13.3. The molecule has 0 radical (unpaired) electrons. The number of aromatic nitrogens is 4. The van der Waals surface area contributed by atoms with Crippen molar-refractivity contribution in [3.8, 4) is 0 Å². The van der Waals surface area contributed by atoms with Crippen molar-refractivity contribution in [2.24, 2.45) is 23.0 Å². The third-order valence-electron chi connectivity index (χ3n) is 12.4. The number of unbranched alkanes of at least 4 members (excludes halogenated alkanes) is 1. The lowest BCUT2D eigenvalue weighted by atomic mass is 9.84. The van der Waals surface area contributed by atoms with Gasteiger partial charge in [-0.25, -0.2) is 9.67 Å². The van der Waals surface area contributed by atoms with Gasteiger partial charge in [-0.1, -0.05) is 57.9 Å². The molecule has 18 heteroatoms. The molecule has 6 atom stereocenters. The number of nitrogens with one attached hydrogen (secondary N) is 2. The van der Waals surface area contributed by atoms with Gasteiger partial charge in [0.25, 0.3) is 5.91 Å². The van der Waals surface area contributed by atoms with Crippen molar-refractivity contribution in [1.82, 2.24) is 40.4 Å². The highest BCUT2D eigenvalue weighted by molar-refractivity contribution is 7.09. The molecule has 0 spiro atoms. The lowest BCUT2D eigenvalue weighted by Gasteiger charge is -2.40. The molecule has 0 bridgehead atoms. The van der Waals surface area contributed by atoms with Crippen molar-refractivity contribution in [3.63, 3.8) is 0 Å². The van der Waals surface area contributed by atoms with Crippen LogP contribution in [0.25, 0.3) is 0 Å². The molecule has 1 aliphatic heterocycles. The number of thiazole rings is 1. The van der Waals surface area contributed by atoms with E-state index >= 15 is 4.79 Å². The van der Waals surface area contributed by atoms with Gasteiger partial charge >= 0.3 is 11.9 Å². The molecule has 7 N–H and O–H groups in total. The van der Waals surface area contributed by atoms with E-state index < -0.39 is 47.5 Å². The molecule has 354 valence electrons. The summed E-state index contributed by atoms with van der Waals surface area (Å²) in [5.41, 5.74) is 13.1. The highest BCUT2D eigenvalue weighted by Gasteiger charge is 2.39. The number of hydrogen-bond acceptors (Lipinski definition) is 13. The maximum Gasteiger partial charge on any atom is 0.309 e. The minimum absolute atomic E-state index is 0.0946. The summed E-state index contributed by atoms with van der Waals surface area (Å²) in [6.45, 7) is 14.7. The molecule has 3 aromatic rings. The van der Waals surface area contributed by atoms with Crippen LogP contribution < -0.4 is 22.1 Å². The molecule has 0 aliphatic carbocycles. The standard InChI is InChI=1S/C46H72N10O7S/c1-9-30(4)40(52-42(59)37-15-11-12-21-54(37)8)44(60)55(22-13-10-14-35-27-49-53-56(35)23-20-47)38(29(2)3)25-39(63-31(5)57)43-51-36(28-64-43)41(58)50-34(26-46(6,7)45(61)62)24-32-16-18-33(48)19-17-32/h16-19,27-30,34,37-40H,9-15,20-26,47-48H2,1-8H3,(H,50,58)(H,52,59)(H,61,62)/t30-,34-,37+,38+,39+,40-/m0/s1. The minimum Gasteiger partial charge on any atom is -0.481 e. The number of amides is 3. The summed E-state index contributed by atoms with van der Waals surface area (Å²) in [7, 11) is 1.95. The van der Waals surface area contributed by atoms with Gasteiger partial charge in [0.2, 0.25) is 11.8 Å². The average Bonchev–Trinajstić information content (AvgIpc) is 3.92. The van der Waals surface area contributed by atoms with E-state index in [-0.39, 0.29) is 48.2 Å². The number of carboxylic acid groups (broad SMARTS) is 1. The van der Waals surface area contributed by atoms with E-state index in [1.54, 1.807) is 42.2 Å². The number of carbonyl (C=O) groups is 5. The molecule has 3 heterocycles. The van der Waals surface area contributed by atoms with Crippen molar-refractivity contribution in [2.45, 2.75) is 149 Å². The van der Waals surface area contributed by atoms with Crippen molar-refractivity contribution in [3.05, 3.63) is 57.8 Å². The van der Waals surface area contributed by atoms with Crippen molar-refractivity contribution in [2.75, 3.05) is 32.4 Å². The molecule has 1 aliphatic rings. The molecule has 1 aromatic carbocycles. The molecule has 0 unspecified atom stereocenters. The van der Waals surface area contributed by atoms with Gasteiger partial charge in [0.05, 0.1) is 29.9 Å². The molecule has 64 heavy (non-hydrogen) atoms. The van der Waals surface area contributed by atoms with Crippen molar-refractivity contribution in [1.29, 1.82) is 0 Å². The van der Waals surface area contributed by atoms with E-state index in [0.717, 1.165) is 43.5 Å². The van der Waals surface area contributed by atoms with E-state index in [1.807, 2.05) is 51.8 Å². The maximum absolute atomic E-state index is 15.1. The molecule has 17 nitrogen and oxygen atoms in total. The summed E-state index contributed by atoms with van der Waals surface area (Å²) in [4.78, 5) is 76.4. The van der Waals surface area contributed by atoms with Gasteiger partial charge in [-0.15, -0.1) is 16.4 Å². The number of nitrogens with two attached hydrogens (primary N) is 2. The van der Waals surface area contributed by atoms with E-state index in [4.69, 9.17) is 21.2 Å². The fourth-order valence-corrected chi connectivity index (χ4v) is 9.16. The first-order valence-electron chi connectivity index (χ1n) is 22.7. The van der Waals surface area contributed by atoms with Crippen LogP contribution in [-0.4, -0.2) is 115 Å². The molecule has 4 rings (SSSR count). The molecular weight excluding hydrogens is 837 g/mol. The van der Waals surface area contributed by atoms with Crippen LogP contribution in [0.2, 0.25) is 0 Å². The number of carboxylic acids is 1. The number of nitrogens with zero attached hydrogens (tertiary/aromatic N) is 6. The zero-order chi connectivity index (χ0) is 47.1. The predicted octanol–water partition coefficient (Wildman–Crippen LogP) is 5.00. The smallest absolute Gasteiger partial charge is 0.309 e. The fourth-order valence-electron chi connectivity index (χ4n) is 8.32. The Kier molecular flexibility index (Phi) is 19.7. The Bertz CT molecular complexity index is 1990. The topological polar surface area (TPSA) is 241 Å². The Hall–Kier alpha value is -4.94. The molecule has 1 saturated heterocycles. The van der Waals surface area contributed by atoms with Crippen molar-refractivity contribution >= 4 is 46.7 Å². The first-order chi connectivity index (χ1) is 30.3. The molecular formula is C46H72N10O7S. The lowest BCUT2D eigenvalue weighted by molar-refractivity contribution is -0.150. The normalized spacial score (nSPS) is 16.9. The van der Waals surface area contributed by atoms with Gasteiger partial charge < -0.3 is 36.8 Å². The number of nitrogen functional groups attached to an aromatic ring is 1. The van der Waals surface area contributed by atoms with Crippen LogP contribution in [0.5, 0.6) is 0 Å². The average molecular weight is 909 g/mol. The van der Waals surface area contributed by atoms with Crippen LogP contribution in [-0.2, 0) is 43.3 Å². The van der Waals surface area contributed by atoms with Gasteiger partial charge in [-0.2, -0.15) is 0 Å². The minimum atomic E-state index is -1.14. The first kappa shape index (κ1) is 51.7. The van der Waals surface area contributed by atoms with Crippen LogP contribution in [0.15, 0.2) is 35.8 Å². The van der Waals surface area contributed by atoms with Crippen LogP contribution in [0.1, 0.15) is 133 Å². The highest BCUT2D eigenvalue weighted by Crippen LogP contribution is 2.32. The fraction of sp³-hybridized carbons (Fsp3) is 0.652. The Morgan fingerprint density at radius 3 is 2.42 bits per heavy atom. The first-order valence-corrected chi connectivity index (χ1v) is 23.6. The molecule has 2 aromatic heterocycles. The maximum atomic E-state index is 15.1. The zero-order valence-electron chi connectivity index (χ0n) is 39.0. The molecule has 1 fully saturated rings. The summed E-state index contributed by atoms with van der Waals surface area (Å²) in [5, 5.41) is 26.3. The monoisotopic (exact) mass is 909 g/mol. The van der Waals surface area contributed by atoms with Gasteiger partial charge in [0.15, 0.2) is 6.10 Å². The zero-order valence-corrected chi connectivity index (χ0v) is 39.9. The number of carbonyl (C=O) groups excluding carboxylic acids is 4. The number of anilines is 1. The number of rotatable bonds is 25. The van der Waals surface area contributed by atoms with Gasteiger partial charge in [-0.05, 0) is 102 Å². The summed E-state index contributed by atoms with van der Waals surface area (Å²) in [5.74, 6) is -2.69. The van der Waals surface area contributed by atoms with Gasteiger partial charge in [0, 0.05) is 49.6 Å². The van der Waals surface area contributed by atoms with Crippen LogP contribution in [0.3, 0.4) is 0 Å². The lowest BCUT2D eigenvalue weighted by Crippen LogP contribution is -2.59. The van der Waals surface area contributed by atoms with Gasteiger partial charge in [0.1, 0.15) is 16.7 Å². The SMILES string of the molecule is CC[C@H](C)[C@H](NC(=O)[C@H]1CCCCN1C)C(=O)N(CCCCc1cnnn1CCN)[C@H](C[C@@H](OC(C)=O)c1nc(C(=O)N[C@@H](Cc2ccc(N)cc2)CC(C)(C)C(=O)O)cs1)C(C)C. The predicted molar refractivity (Wildman–Crippen MR) is 247 cm³/mol. The number of hydrogen-bond donors (Lipinski definition) is 5. The Balaban J connectivity index is 1.64.